The van der Waals surface area contributed by atoms with Gasteiger partial charge in [0.05, 0.1) is 0 Å². The summed E-state index contributed by atoms with van der Waals surface area (Å²) in [6.07, 6.45) is 5.05. The maximum atomic E-state index is 5.61. The minimum atomic E-state index is 0.403. The van der Waals surface area contributed by atoms with Crippen LogP contribution in [0.25, 0.3) is 0 Å². The van der Waals surface area contributed by atoms with Gasteiger partial charge in [-0.3, -0.25) is 0 Å². The average Bonchev–Trinajstić information content (AvgIpc) is 2.27. The summed E-state index contributed by atoms with van der Waals surface area (Å²) in [7, 11) is 0. The molecule has 1 heterocycles. The molecule has 1 aliphatic heterocycles. The van der Waals surface area contributed by atoms with E-state index in [1.54, 1.807) is 0 Å². The number of rotatable bonds is 6. The fraction of sp³-hybridized carbons (Fsp3) is 1.00. The summed E-state index contributed by atoms with van der Waals surface area (Å²) in [5.41, 5.74) is 0.403. The summed E-state index contributed by atoms with van der Waals surface area (Å²) in [6.45, 7) is 12.4. The van der Waals surface area contributed by atoms with E-state index < -0.39 is 0 Å². The predicted octanol–water partition coefficient (Wildman–Crippen LogP) is 3.22. The van der Waals surface area contributed by atoms with Gasteiger partial charge in [-0.1, -0.05) is 20.8 Å². The molecule has 0 aromatic rings. The topological polar surface area (TPSA) is 21.3 Å². The van der Waals surface area contributed by atoms with Gasteiger partial charge in [-0.2, -0.15) is 0 Å². The van der Waals surface area contributed by atoms with Crippen LogP contribution in [-0.4, -0.2) is 25.8 Å². The van der Waals surface area contributed by atoms with Crippen LogP contribution < -0.4 is 5.32 Å². The van der Waals surface area contributed by atoms with Crippen LogP contribution in [-0.2, 0) is 4.74 Å². The molecule has 2 nitrogen and oxygen atoms in total. The maximum absolute atomic E-state index is 5.61. The van der Waals surface area contributed by atoms with E-state index in [-0.39, 0.29) is 0 Å². The highest BCUT2D eigenvalue weighted by Crippen LogP contribution is 2.36. The second-order valence-corrected chi connectivity index (χ2v) is 5.96. The Hall–Kier alpha value is -0.0800. The Morgan fingerprint density at radius 2 is 2.19 bits per heavy atom. The average molecular weight is 227 g/mol. The van der Waals surface area contributed by atoms with E-state index >= 15 is 0 Å². The van der Waals surface area contributed by atoms with E-state index in [0.29, 0.717) is 11.5 Å². The summed E-state index contributed by atoms with van der Waals surface area (Å²) in [6, 6.07) is 0.622. The molecule has 1 N–H and O–H groups in total. The SMILES string of the molecule is CCCNC(C)CC(C)(C)C1CCCOC1. The van der Waals surface area contributed by atoms with E-state index in [2.05, 4.69) is 33.0 Å². The van der Waals surface area contributed by atoms with Crippen LogP contribution in [0.4, 0.5) is 0 Å². The summed E-state index contributed by atoms with van der Waals surface area (Å²) in [5, 5.41) is 3.59. The van der Waals surface area contributed by atoms with Gasteiger partial charge in [-0.05, 0) is 50.5 Å². The van der Waals surface area contributed by atoms with Gasteiger partial charge in [0.1, 0.15) is 0 Å². The Labute approximate surface area is 101 Å². The van der Waals surface area contributed by atoms with Crippen LogP contribution in [0.5, 0.6) is 0 Å². The van der Waals surface area contributed by atoms with Crippen LogP contribution in [0, 0.1) is 11.3 Å². The molecule has 0 bridgehead atoms. The van der Waals surface area contributed by atoms with Gasteiger partial charge in [0, 0.05) is 19.3 Å². The van der Waals surface area contributed by atoms with Crippen LogP contribution in [0.1, 0.15) is 53.4 Å². The van der Waals surface area contributed by atoms with Gasteiger partial charge < -0.3 is 10.1 Å². The highest BCUT2D eigenvalue weighted by atomic mass is 16.5. The molecule has 1 saturated heterocycles. The highest BCUT2D eigenvalue weighted by molar-refractivity contribution is 4.83. The van der Waals surface area contributed by atoms with Crippen molar-refractivity contribution in [3.05, 3.63) is 0 Å². The summed E-state index contributed by atoms with van der Waals surface area (Å²) >= 11 is 0. The van der Waals surface area contributed by atoms with E-state index in [0.717, 1.165) is 25.7 Å². The zero-order valence-electron chi connectivity index (χ0n) is 11.5. The van der Waals surface area contributed by atoms with Gasteiger partial charge in [-0.15, -0.1) is 0 Å². The molecule has 0 aromatic carbocycles. The van der Waals surface area contributed by atoms with Gasteiger partial charge in [-0.25, -0.2) is 0 Å². The fourth-order valence-corrected chi connectivity index (χ4v) is 2.78. The van der Waals surface area contributed by atoms with Gasteiger partial charge in [0.2, 0.25) is 0 Å². The molecule has 0 spiro atoms. The Kier molecular flexibility index (Phi) is 5.77. The van der Waals surface area contributed by atoms with Gasteiger partial charge in [0.25, 0.3) is 0 Å². The lowest BCUT2D eigenvalue weighted by Crippen LogP contribution is -2.38. The predicted molar refractivity (Wildman–Crippen MR) is 69.7 cm³/mol. The quantitative estimate of drug-likeness (QED) is 0.752. The van der Waals surface area contributed by atoms with Crippen molar-refractivity contribution in [1.29, 1.82) is 0 Å². The minimum absolute atomic E-state index is 0.403. The smallest absolute Gasteiger partial charge is 0.0499 e. The first kappa shape index (κ1) is 14.0. The first-order valence-electron chi connectivity index (χ1n) is 6.87. The molecule has 1 fully saturated rings. The number of nitrogens with one attached hydrogen (secondary N) is 1. The lowest BCUT2D eigenvalue weighted by molar-refractivity contribution is -0.00205. The summed E-state index contributed by atoms with van der Waals surface area (Å²) < 4.78 is 5.61. The maximum Gasteiger partial charge on any atom is 0.0499 e. The molecule has 0 saturated carbocycles. The van der Waals surface area contributed by atoms with Crippen molar-refractivity contribution >= 4 is 0 Å². The molecule has 2 atom stereocenters. The Bertz CT molecular complexity index is 185. The third-order valence-corrected chi connectivity index (χ3v) is 3.84. The third-order valence-electron chi connectivity index (χ3n) is 3.84. The normalized spacial score (nSPS) is 24.4. The van der Waals surface area contributed by atoms with Crippen molar-refractivity contribution in [2.75, 3.05) is 19.8 Å². The third kappa shape index (κ3) is 4.42. The number of ether oxygens (including phenoxy) is 1. The van der Waals surface area contributed by atoms with E-state index in [4.69, 9.17) is 4.74 Å². The standard InChI is InChI=1S/C14H29NO/c1-5-8-15-12(2)10-14(3,4)13-7-6-9-16-11-13/h12-13,15H,5-11H2,1-4H3. The fourth-order valence-electron chi connectivity index (χ4n) is 2.78. The Morgan fingerprint density at radius 1 is 1.44 bits per heavy atom. The highest BCUT2D eigenvalue weighted by Gasteiger charge is 2.32. The molecule has 1 rings (SSSR count). The molecule has 2 heteroatoms. The Balaban J connectivity index is 2.36. The zero-order chi connectivity index (χ0) is 12.0. The Morgan fingerprint density at radius 3 is 2.75 bits per heavy atom. The molecule has 0 aromatic heterocycles. The van der Waals surface area contributed by atoms with Crippen LogP contribution >= 0.6 is 0 Å². The van der Waals surface area contributed by atoms with Crippen LogP contribution in [0.2, 0.25) is 0 Å². The summed E-state index contributed by atoms with van der Waals surface area (Å²) in [5.74, 6) is 0.743. The van der Waals surface area contributed by atoms with Crippen molar-refractivity contribution in [3.8, 4) is 0 Å². The molecule has 1 aliphatic rings. The first-order chi connectivity index (χ1) is 7.56. The van der Waals surface area contributed by atoms with Crippen molar-refractivity contribution < 1.29 is 4.74 Å². The van der Waals surface area contributed by atoms with Crippen molar-refractivity contribution in [3.63, 3.8) is 0 Å². The van der Waals surface area contributed by atoms with Crippen molar-refractivity contribution in [1.82, 2.24) is 5.32 Å². The monoisotopic (exact) mass is 227 g/mol. The second kappa shape index (κ2) is 6.61. The van der Waals surface area contributed by atoms with Crippen molar-refractivity contribution in [2.24, 2.45) is 11.3 Å². The lowest BCUT2D eigenvalue weighted by atomic mass is 9.72. The molecule has 96 valence electrons. The number of hydrogen-bond donors (Lipinski definition) is 1. The van der Waals surface area contributed by atoms with Gasteiger partial charge in [0.15, 0.2) is 0 Å². The largest absolute Gasteiger partial charge is 0.381 e. The first-order valence-corrected chi connectivity index (χ1v) is 6.87. The zero-order valence-corrected chi connectivity index (χ0v) is 11.5. The molecular formula is C14H29NO. The molecule has 0 amide bonds. The van der Waals surface area contributed by atoms with E-state index in [1.165, 1.54) is 25.7 Å². The molecule has 16 heavy (non-hydrogen) atoms. The van der Waals surface area contributed by atoms with E-state index in [1.807, 2.05) is 0 Å². The number of hydrogen-bond acceptors (Lipinski definition) is 2. The van der Waals surface area contributed by atoms with Crippen molar-refractivity contribution in [2.45, 2.75) is 59.4 Å². The molecule has 2 unspecified atom stereocenters. The molecule has 0 aliphatic carbocycles. The van der Waals surface area contributed by atoms with E-state index in [9.17, 15) is 0 Å². The summed E-state index contributed by atoms with van der Waals surface area (Å²) in [4.78, 5) is 0. The minimum Gasteiger partial charge on any atom is -0.381 e. The van der Waals surface area contributed by atoms with Gasteiger partial charge >= 0.3 is 0 Å². The molecular weight excluding hydrogens is 198 g/mol. The van der Waals surface area contributed by atoms with Crippen LogP contribution in [0.3, 0.4) is 0 Å². The van der Waals surface area contributed by atoms with Crippen LogP contribution in [0.15, 0.2) is 0 Å². The molecule has 0 radical (unpaired) electrons. The second-order valence-electron chi connectivity index (χ2n) is 5.96. The lowest BCUT2D eigenvalue weighted by Gasteiger charge is -2.38.